The molecule has 0 aliphatic carbocycles. The second-order valence-corrected chi connectivity index (χ2v) is 5.90. The van der Waals surface area contributed by atoms with Gasteiger partial charge in [-0.15, -0.1) is 11.8 Å². The van der Waals surface area contributed by atoms with Crippen molar-refractivity contribution in [3.05, 3.63) is 30.3 Å². The van der Waals surface area contributed by atoms with E-state index in [2.05, 4.69) is 60.7 Å². The van der Waals surface area contributed by atoms with Crippen molar-refractivity contribution < 1.29 is 0 Å². The molecule has 0 bridgehead atoms. The van der Waals surface area contributed by atoms with Crippen LogP contribution >= 0.6 is 11.8 Å². The second kappa shape index (κ2) is 9.73. The summed E-state index contributed by atoms with van der Waals surface area (Å²) >= 11 is 1.86. The van der Waals surface area contributed by atoms with Crippen LogP contribution in [0.2, 0.25) is 0 Å². The van der Waals surface area contributed by atoms with Crippen LogP contribution in [0.4, 0.5) is 0 Å². The van der Waals surface area contributed by atoms with E-state index in [1.54, 1.807) is 0 Å². The molecule has 2 N–H and O–H groups in total. The maximum absolute atomic E-state index is 4.62. The van der Waals surface area contributed by atoms with Crippen LogP contribution in [-0.2, 0) is 0 Å². The molecular formula is C15H25N3S. The third kappa shape index (κ3) is 7.11. The van der Waals surface area contributed by atoms with Crippen LogP contribution in [0.3, 0.4) is 0 Å². The summed E-state index contributed by atoms with van der Waals surface area (Å²) in [6.07, 6.45) is 1.11. The van der Waals surface area contributed by atoms with Crippen LogP contribution in [0.15, 0.2) is 40.2 Å². The van der Waals surface area contributed by atoms with Gasteiger partial charge in [-0.1, -0.05) is 32.0 Å². The molecule has 0 fully saturated rings. The number of nitrogens with one attached hydrogen (secondary N) is 2. The molecule has 0 heterocycles. The molecule has 0 saturated carbocycles. The molecule has 3 nitrogen and oxygen atoms in total. The molecule has 0 aliphatic heterocycles. The number of thioether (sulfide) groups is 1. The monoisotopic (exact) mass is 279 g/mol. The summed E-state index contributed by atoms with van der Waals surface area (Å²) in [4.78, 5) is 5.92. The SMILES string of the molecule is CCCNC(=NCC(C)Sc1ccccc1)NCC. The average molecular weight is 279 g/mol. The van der Waals surface area contributed by atoms with E-state index in [0.717, 1.165) is 32.0 Å². The molecule has 106 valence electrons. The fourth-order valence-corrected chi connectivity index (χ4v) is 2.50. The van der Waals surface area contributed by atoms with Crippen molar-refractivity contribution in [3.8, 4) is 0 Å². The molecule has 0 radical (unpaired) electrons. The number of hydrogen-bond acceptors (Lipinski definition) is 2. The van der Waals surface area contributed by atoms with Crippen molar-refractivity contribution >= 4 is 17.7 Å². The quantitative estimate of drug-likeness (QED) is 0.457. The first-order valence-corrected chi connectivity index (χ1v) is 7.88. The Morgan fingerprint density at radius 1 is 1.21 bits per heavy atom. The molecule has 0 aliphatic rings. The van der Waals surface area contributed by atoms with E-state index in [9.17, 15) is 0 Å². The topological polar surface area (TPSA) is 36.4 Å². The lowest BCUT2D eigenvalue weighted by Crippen LogP contribution is -2.38. The van der Waals surface area contributed by atoms with Gasteiger partial charge in [-0.3, -0.25) is 4.99 Å². The van der Waals surface area contributed by atoms with Gasteiger partial charge < -0.3 is 10.6 Å². The number of aliphatic imine (C=N–C) groups is 1. The van der Waals surface area contributed by atoms with Gasteiger partial charge >= 0.3 is 0 Å². The van der Waals surface area contributed by atoms with Crippen LogP contribution in [0.5, 0.6) is 0 Å². The number of hydrogen-bond donors (Lipinski definition) is 2. The van der Waals surface area contributed by atoms with Gasteiger partial charge in [-0.05, 0) is 25.5 Å². The predicted molar refractivity (Wildman–Crippen MR) is 86.0 cm³/mol. The van der Waals surface area contributed by atoms with Crippen molar-refractivity contribution in [2.75, 3.05) is 19.6 Å². The van der Waals surface area contributed by atoms with Crippen molar-refractivity contribution in [3.63, 3.8) is 0 Å². The van der Waals surface area contributed by atoms with Gasteiger partial charge in [0.2, 0.25) is 0 Å². The lowest BCUT2D eigenvalue weighted by Gasteiger charge is -2.12. The van der Waals surface area contributed by atoms with E-state index in [1.165, 1.54) is 4.90 Å². The van der Waals surface area contributed by atoms with Crippen molar-refractivity contribution in [1.29, 1.82) is 0 Å². The Morgan fingerprint density at radius 2 is 1.95 bits per heavy atom. The molecule has 1 aromatic carbocycles. The molecule has 0 amide bonds. The molecule has 1 aromatic rings. The summed E-state index contributed by atoms with van der Waals surface area (Å²) in [5, 5.41) is 7.06. The average Bonchev–Trinajstić information content (AvgIpc) is 2.43. The highest BCUT2D eigenvalue weighted by Gasteiger charge is 2.04. The van der Waals surface area contributed by atoms with Gasteiger partial charge in [0, 0.05) is 23.2 Å². The standard InChI is InChI=1S/C15H25N3S/c1-4-11-17-15(16-5-2)18-12-13(3)19-14-9-7-6-8-10-14/h6-10,13H,4-5,11-12H2,1-3H3,(H2,16,17,18). The zero-order valence-corrected chi connectivity index (χ0v) is 13.0. The van der Waals surface area contributed by atoms with E-state index in [0.29, 0.717) is 5.25 Å². The molecule has 1 unspecified atom stereocenters. The normalized spacial score (nSPS) is 13.1. The Labute approximate surface area is 121 Å². The first-order chi connectivity index (χ1) is 9.26. The van der Waals surface area contributed by atoms with Crippen LogP contribution in [0, 0.1) is 0 Å². The summed E-state index contributed by atoms with van der Waals surface area (Å²) in [7, 11) is 0. The maximum Gasteiger partial charge on any atom is 0.191 e. The number of nitrogens with zero attached hydrogens (tertiary/aromatic N) is 1. The smallest absolute Gasteiger partial charge is 0.191 e. The first kappa shape index (κ1) is 15.9. The van der Waals surface area contributed by atoms with Gasteiger partial charge in [0.15, 0.2) is 5.96 Å². The van der Waals surface area contributed by atoms with Crippen molar-refractivity contribution in [2.45, 2.75) is 37.3 Å². The minimum Gasteiger partial charge on any atom is -0.357 e. The van der Waals surface area contributed by atoms with E-state index >= 15 is 0 Å². The number of guanidine groups is 1. The Kier molecular flexibility index (Phi) is 8.14. The number of rotatable bonds is 7. The molecule has 19 heavy (non-hydrogen) atoms. The highest BCUT2D eigenvalue weighted by atomic mass is 32.2. The molecule has 4 heteroatoms. The largest absolute Gasteiger partial charge is 0.357 e. The summed E-state index contributed by atoms with van der Waals surface area (Å²) in [6, 6.07) is 10.5. The van der Waals surface area contributed by atoms with E-state index in [-0.39, 0.29) is 0 Å². The highest BCUT2D eigenvalue weighted by Crippen LogP contribution is 2.22. The van der Waals surface area contributed by atoms with Gasteiger partial charge in [0.1, 0.15) is 0 Å². The lowest BCUT2D eigenvalue weighted by atomic mass is 10.4. The van der Waals surface area contributed by atoms with E-state index in [4.69, 9.17) is 0 Å². The fraction of sp³-hybridized carbons (Fsp3) is 0.533. The summed E-state index contributed by atoms with van der Waals surface area (Å²) in [5.74, 6) is 0.921. The maximum atomic E-state index is 4.62. The van der Waals surface area contributed by atoms with Crippen LogP contribution < -0.4 is 10.6 Å². The Morgan fingerprint density at radius 3 is 2.58 bits per heavy atom. The van der Waals surface area contributed by atoms with Crippen LogP contribution in [0.25, 0.3) is 0 Å². The predicted octanol–water partition coefficient (Wildman–Crippen LogP) is 3.13. The van der Waals surface area contributed by atoms with Gasteiger partial charge in [0.25, 0.3) is 0 Å². The zero-order chi connectivity index (χ0) is 13.9. The van der Waals surface area contributed by atoms with Crippen LogP contribution in [-0.4, -0.2) is 30.8 Å². The summed E-state index contributed by atoms with van der Waals surface area (Å²) < 4.78 is 0. The third-order valence-corrected chi connectivity index (χ3v) is 3.57. The lowest BCUT2D eigenvalue weighted by molar-refractivity contribution is 0.782. The number of benzene rings is 1. The van der Waals surface area contributed by atoms with Gasteiger partial charge in [-0.2, -0.15) is 0 Å². The Hall–Kier alpha value is -1.16. The van der Waals surface area contributed by atoms with Crippen LogP contribution in [0.1, 0.15) is 27.2 Å². The molecule has 1 atom stereocenters. The molecule has 0 saturated heterocycles. The van der Waals surface area contributed by atoms with E-state index < -0.39 is 0 Å². The minimum absolute atomic E-state index is 0.472. The second-order valence-electron chi connectivity index (χ2n) is 4.39. The molecule has 0 spiro atoms. The van der Waals surface area contributed by atoms with Gasteiger partial charge in [0.05, 0.1) is 6.54 Å². The highest BCUT2D eigenvalue weighted by molar-refractivity contribution is 8.00. The summed E-state index contributed by atoms with van der Waals surface area (Å²) in [5.41, 5.74) is 0. The Balaban J connectivity index is 2.42. The third-order valence-electron chi connectivity index (χ3n) is 2.47. The Bertz CT molecular complexity index is 365. The fourth-order valence-electron chi connectivity index (χ4n) is 1.57. The van der Waals surface area contributed by atoms with Crippen molar-refractivity contribution in [1.82, 2.24) is 10.6 Å². The molecule has 0 aromatic heterocycles. The van der Waals surface area contributed by atoms with Gasteiger partial charge in [-0.25, -0.2) is 0 Å². The molecule has 1 rings (SSSR count). The first-order valence-electron chi connectivity index (χ1n) is 7.00. The molecular weight excluding hydrogens is 254 g/mol. The van der Waals surface area contributed by atoms with Crippen molar-refractivity contribution in [2.24, 2.45) is 4.99 Å². The summed E-state index contributed by atoms with van der Waals surface area (Å²) in [6.45, 7) is 9.14. The van der Waals surface area contributed by atoms with E-state index in [1.807, 2.05) is 17.8 Å². The minimum atomic E-state index is 0.472. The zero-order valence-electron chi connectivity index (χ0n) is 12.1.